The number of para-hydroxylation sites is 2. The lowest BCUT2D eigenvalue weighted by atomic mass is 9.76. The van der Waals surface area contributed by atoms with Crippen molar-refractivity contribution < 1.29 is 19.1 Å². The van der Waals surface area contributed by atoms with Gasteiger partial charge in [0.25, 0.3) is 0 Å². The van der Waals surface area contributed by atoms with Gasteiger partial charge in [-0.2, -0.15) is 0 Å². The number of carbonyl (C=O) groups is 3. The number of benzene rings is 3. The highest BCUT2D eigenvalue weighted by molar-refractivity contribution is 6.32. The number of halogens is 1. The van der Waals surface area contributed by atoms with Crippen LogP contribution in [-0.2, 0) is 32.9 Å². The third kappa shape index (κ3) is 3.33. The van der Waals surface area contributed by atoms with Gasteiger partial charge in [-0.05, 0) is 42.7 Å². The molecule has 2 fully saturated rings. The third-order valence-corrected chi connectivity index (χ3v) is 9.22. The maximum atomic E-state index is 14.2. The molecule has 7 rings (SSSR count). The Morgan fingerprint density at radius 2 is 1.75 bits per heavy atom. The van der Waals surface area contributed by atoms with E-state index in [1.54, 1.807) is 25.3 Å². The van der Waals surface area contributed by atoms with E-state index in [1.165, 1.54) is 4.90 Å². The zero-order chi connectivity index (χ0) is 27.8. The molecule has 0 bridgehead atoms. The Balaban J connectivity index is 1.35. The lowest BCUT2D eigenvalue weighted by Gasteiger charge is -2.30. The van der Waals surface area contributed by atoms with Gasteiger partial charge in [-0.15, -0.1) is 0 Å². The smallest absolute Gasteiger partial charge is 0.250 e. The molecule has 0 aliphatic carbocycles. The van der Waals surface area contributed by atoms with E-state index in [0.717, 1.165) is 27.6 Å². The van der Waals surface area contributed by atoms with Crippen LogP contribution in [0.2, 0.25) is 5.02 Å². The number of methoxy groups -OCH3 is 1. The maximum Gasteiger partial charge on any atom is 0.250 e. The Kier molecular flexibility index (Phi) is 5.56. The van der Waals surface area contributed by atoms with Crippen LogP contribution in [0.3, 0.4) is 0 Å². The average molecular weight is 555 g/mol. The van der Waals surface area contributed by atoms with Crippen LogP contribution in [0.4, 0.5) is 5.69 Å². The van der Waals surface area contributed by atoms with Gasteiger partial charge in [-0.25, -0.2) is 0 Å². The van der Waals surface area contributed by atoms with Crippen LogP contribution in [0.25, 0.3) is 10.9 Å². The van der Waals surface area contributed by atoms with Gasteiger partial charge in [0.15, 0.2) is 0 Å². The molecule has 1 spiro atoms. The molecule has 3 N–H and O–H groups in total. The van der Waals surface area contributed by atoms with Gasteiger partial charge in [0.2, 0.25) is 17.7 Å². The van der Waals surface area contributed by atoms with Crippen LogP contribution in [0.5, 0.6) is 5.75 Å². The number of anilines is 1. The molecule has 4 aromatic rings. The number of aromatic amines is 1. The van der Waals surface area contributed by atoms with E-state index < -0.39 is 23.4 Å². The highest BCUT2D eigenvalue weighted by atomic mass is 35.5. The summed E-state index contributed by atoms with van der Waals surface area (Å²) in [6.45, 7) is 1.91. The molecular formula is C31H27ClN4O4. The first-order chi connectivity index (χ1) is 19.3. The zero-order valence-corrected chi connectivity index (χ0v) is 22.7. The Morgan fingerprint density at radius 3 is 2.58 bits per heavy atom. The van der Waals surface area contributed by atoms with E-state index in [0.29, 0.717) is 28.4 Å². The minimum Gasteiger partial charge on any atom is -0.496 e. The number of likely N-dealkylation sites (tertiary alicyclic amines) is 1. The molecule has 4 atom stereocenters. The molecule has 3 aliphatic rings. The van der Waals surface area contributed by atoms with Gasteiger partial charge < -0.3 is 15.0 Å². The van der Waals surface area contributed by atoms with Gasteiger partial charge in [0, 0.05) is 39.3 Å². The number of imide groups is 1. The highest BCUT2D eigenvalue weighted by Gasteiger charge is 2.70. The molecule has 4 heterocycles. The minimum atomic E-state index is -1.39. The van der Waals surface area contributed by atoms with Crippen LogP contribution in [-0.4, -0.2) is 40.8 Å². The predicted molar refractivity (Wildman–Crippen MR) is 151 cm³/mol. The number of H-pyrrole nitrogens is 1. The Labute approximate surface area is 235 Å². The molecule has 9 heteroatoms. The van der Waals surface area contributed by atoms with E-state index in [-0.39, 0.29) is 24.3 Å². The fourth-order valence-corrected chi connectivity index (χ4v) is 7.08. The Morgan fingerprint density at radius 1 is 0.975 bits per heavy atom. The lowest BCUT2D eigenvalue weighted by Crippen LogP contribution is -2.53. The zero-order valence-electron chi connectivity index (χ0n) is 22.0. The SMILES string of the molecule is COc1ccccc1CN1C(=O)[C@@H]2[C@H](Cc3c[nH]c4ccccc34)N[C@]3(C(=O)Nc4c3ccc(Cl)c4C)[C@H]2C1=O. The van der Waals surface area contributed by atoms with Crippen molar-refractivity contribution in [3.05, 3.63) is 94.1 Å². The molecule has 2 saturated heterocycles. The largest absolute Gasteiger partial charge is 0.496 e. The second-order valence-corrected chi connectivity index (χ2v) is 11.2. The summed E-state index contributed by atoms with van der Waals surface area (Å²) in [6.07, 6.45) is 2.40. The van der Waals surface area contributed by atoms with E-state index in [1.807, 2.05) is 55.6 Å². The monoisotopic (exact) mass is 554 g/mol. The summed E-state index contributed by atoms with van der Waals surface area (Å²) in [5.74, 6) is -2.05. The van der Waals surface area contributed by atoms with Gasteiger partial charge in [-0.1, -0.05) is 54.1 Å². The van der Waals surface area contributed by atoms with Crippen molar-refractivity contribution in [3.63, 3.8) is 0 Å². The van der Waals surface area contributed by atoms with E-state index in [2.05, 4.69) is 15.6 Å². The molecule has 40 heavy (non-hydrogen) atoms. The summed E-state index contributed by atoms with van der Waals surface area (Å²) in [6, 6.07) is 18.4. The summed E-state index contributed by atoms with van der Waals surface area (Å²) in [5.41, 5.74) is 3.30. The molecule has 0 unspecified atom stereocenters. The molecule has 3 aromatic carbocycles. The minimum absolute atomic E-state index is 0.0681. The molecule has 0 radical (unpaired) electrons. The first-order valence-electron chi connectivity index (χ1n) is 13.3. The number of rotatable bonds is 5. The highest BCUT2D eigenvalue weighted by Crippen LogP contribution is 2.54. The number of amides is 3. The van der Waals surface area contributed by atoms with E-state index in [4.69, 9.17) is 16.3 Å². The van der Waals surface area contributed by atoms with Crippen LogP contribution in [0.15, 0.2) is 66.9 Å². The molecular weight excluding hydrogens is 528 g/mol. The van der Waals surface area contributed by atoms with Crippen molar-refractivity contribution >= 4 is 45.9 Å². The van der Waals surface area contributed by atoms with Crippen molar-refractivity contribution in [2.24, 2.45) is 11.8 Å². The summed E-state index contributed by atoms with van der Waals surface area (Å²) < 4.78 is 5.49. The van der Waals surface area contributed by atoms with Crippen molar-refractivity contribution in [1.29, 1.82) is 0 Å². The first-order valence-corrected chi connectivity index (χ1v) is 13.6. The molecule has 3 aliphatic heterocycles. The standard InChI is InChI=1S/C31H27ClN4O4/c1-16-21(32)12-11-20-27(16)34-30(39)31(20)26-25(23(35-31)13-18-14-33-22-9-5-4-8-19(18)22)28(37)36(29(26)38)15-17-7-3-6-10-24(17)40-2/h3-12,14,23,25-26,33,35H,13,15H2,1-2H3,(H,34,39)/t23-,25+,26+,31-/m0/s1. The number of fused-ring (bicyclic) bond motifs is 5. The Bertz CT molecular complexity index is 1730. The molecule has 202 valence electrons. The van der Waals surface area contributed by atoms with Gasteiger partial charge in [0.1, 0.15) is 11.3 Å². The number of ether oxygens (including phenoxy) is 1. The fraction of sp³-hybridized carbons (Fsp3) is 0.258. The molecule has 1 aromatic heterocycles. The van der Waals surface area contributed by atoms with Crippen LogP contribution < -0.4 is 15.4 Å². The number of hydrogen-bond donors (Lipinski definition) is 3. The predicted octanol–water partition coefficient (Wildman–Crippen LogP) is 4.30. The number of nitrogens with one attached hydrogen (secondary N) is 3. The fourth-order valence-electron chi connectivity index (χ4n) is 6.92. The lowest BCUT2D eigenvalue weighted by molar-refractivity contribution is -0.143. The number of nitrogens with zero attached hydrogens (tertiary/aromatic N) is 1. The van der Waals surface area contributed by atoms with E-state index in [9.17, 15) is 14.4 Å². The normalized spacial score (nSPS) is 25.1. The van der Waals surface area contributed by atoms with Crippen molar-refractivity contribution in [2.75, 3.05) is 12.4 Å². The van der Waals surface area contributed by atoms with E-state index >= 15 is 0 Å². The van der Waals surface area contributed by atoms with Gasteiger partial charge in [-0.3, -0.25) is 24.6 Å². The maximum absolute atomic E-state index is 14.2. The number of aromatic nitrogens is 1. The van der Waals surface area contributed by atoms with Crippen LogP contribution in [0, 0.1) is 18.8 Å². The molecule has 3 amide bonds. The van der Waals surface area contributed by atoms with Crippen molar-refractivity contribution in [2.45, 2.75) is 31.5 Å². The Hall–Kier alpha value is -4.14. The topological polar surface area (TPSA) is 104 Å². The summed E-state index contributed by atoms with van der Waals surface area (Å²) >= 11 is 6.40. The van der Waals surface area contributed by atoms with Gasteiger partial charge >= 0.3 is 0 Å². The van der Waals surface area contributed by atoms with Crippen LogP contribution >= 0.6 is 11.6 Å². The second-order valence-electron chi connectivity index (χ2n) is 10.7. The number of hydrogen-bond acceptors (Lipinski definition) is 5. The quantitative estimate of drug-likeness (QED) is 0.319. The van der Waals surface area contributed by atoms with Crippen LogP contribution in [0.1, 0.15) is 22.3 Å². The van der Waals surface area contributed by atoms with Crippen molar-refractivity contribution in [3.8, 4) is 5.75 Å². The molecule has 8 nitrogen and oxygen atoms in total. The van der Waals surface area contributed by atoms with Gasteiger partial charge in [0.05, 0.1) is 31.2 Å². The number of carbonyl (C=O) groups excluding carboxylic acids is 3. The second kappa shape index (κ2) is 8.94. The summed E-state index contributed by atoms with van der Waals surface area (Å²) in [7, 11) is 1.56. The van der Waals surface area contributed by atoms with Crippen molar-refractivity contribution in [1.82, 2.24) is 15.2 Å². The summed E-state index contributed by atoms with van der Waals surface area (Å²) in [4.78, 5) is 46.9. The average Bonchev–Trinajstić information content (AvgIpc) is 3.67. The molecule has 0 saturated carbocycles. The summed E-state index contributed by atoms with van der Waals surface area (Å²) in [5, 5.41) is 8.08. The third-order valence-electron chi connectivity index (χ3n) is 8.81. The first kappa shape index (κ1) is 24.9.